The summed E-state index contributed by atoms with van der Waals surface area (Å²) in [6, 6.07) is 10.1. The molecule has 0 saturated carbocycles. The molecule has 2 aromatic rings. The molecule has 1 N–H and O–H groups in total. The lowest BCUT2D eigenvalue weighted by atomic mass is 10.1. The zero-order valence-electron chi connectivity index (χ0n) is 14.0. The van der Waals surface area contributed by atoms with Crippen molar-refractivity contribution >= 4 is 5.82 Å². The van der Waals surface area contributed by atoms with Gasteiger partial charge in [-0.3, -0.25) is 0 Å². The molecule has 0 spiro atoms. The Labute approximate surface area is 137 Å². The molecular weight excluding hydrogens is 288 g/mol. The van der Waals surface area contributed by atoms with E-state index in [9.17, 15) is 0 Å². The van der Waals surface area contributed by atoms with Crippen molar-refractivity contribution in [1.29, 1.82) is 0 Å². The van der Waals surface area contributed by atoms with E-state index in [-0.39, 0.29) is 0 Å². The van der Waals surface area contributed by atoms with Crippen LogP contribution in [0.1, 0.15) is 25.5 Å². The van der Waals surface area contributed by atoms with Gasteiger partial charge in [0, 0.05) is 43.5 Å². The number of ether oxygens (including phenoxy) is 1. The molecule has 0 unspecified atom stereocenters. The van der Waals surface area contributed by atoms with E-state index in [1.54, 1.807) is 7.11 Å². The summed E-state index contributed by atoms with van der Waals surface area (Å²) >= 11 is 0. The van der Waals surface area contributed by atoms with Gasteiger partial charge in [0.2, 0.25) is 0 Å². The Morgan fingerprint density at radius 1 is 1.09 bits per heavy atom. The molecule has 0 bridgehead atoms. The molecule has 0 amide bonds. The third kappa shape index (κ3) is 3.62. The molecule has 0 radical (unpaired) electrons. The number of aromatic nitrogens is 2. The number of piperazine rings is 1. The second kappa shape index (κ2) is 6.96. The summed E-state index contributed by atoms with van der Waals surface area (Å²) in [5, 5.41) is 3.38. The van der Waals surface area contributed by atoms with Gasteiger partial charge in [0.25, 0.3) is 0 Å². The van der Waals surface area contributed by atoms with Crippen molar-refractivity contribution < 1.29 is 4.74 Å². The van der Waals surface area contributed by atoms with Crippen LogP contribution in [-0.4, -0.2) is 43.3 Å². The van der Waals surface area contributed by atoms with E-state index < -0.39 is 0 Å². The fourth-order valence-electron chi connectivity index (χ4n) is 2.67. The van der Waals surface area contributed by atoms with Gasteiger partial charge in [-0.05, 0) is 30.2 Å². The molecule has 0 aliphatic carbocycles. The van der Waals surface area contributed by atoms with Gasteiger partial charge in [-0.25, -0.2) is 9.97 Å². The first kappa shape index (κ1) is 15.7. The Balaban J connectivity index is 1.98. The lowest BCUT2D eigenvalue weighted by Gasteiger charge is -2.29. The minimum atomic E-state index is 0.372. The second-order valence-electron chi connectivity index (χ2n) is 6.09. The van der Waals surface area contributed by atoms with Crippen molar-refractivity contribution in [1.82, 2.24) is 15.3 Å². The Morgan fingerprint density at radius 2 is 1.78 bits per heavy atom. The first-order valence-corrected chi connectivity index (χ1v) is 8.16. The van der Waals surface area contributed by atoms with Crippen LogP contribution < -0.4 is 15.0 Å². The van der Waals surface area contributed by atoms with E-state index in [1.165, 1.54) is 0 Å². The normalized spacial score (nSPS) is 15.0. The van der Waals surface area contributed by atoms with Gasteiger partial charge in [-0.1, -0.05) is 13.8 Å². The number of nitrogens with one attached hydrogen (secondary N) is 1. The van der Waals surface area contributed by atoms with Crippen molar-refractivity contribution in [3.8, 4) is 17.1 Å². The molecule has 23 heavy (non-hydrogen) atoms. The van der Waals surface area contributed by atoms with Gasteiger partial charge in [0.05, 0.1) is 7.11 Å². The molecule has 5 nitrogen and oxygen atoms in total. The molecule has 1 aromatic heterocycles. The Morgan fingerprint density at radius 3 is 2.39 bits per heavy atom. The molecule has 0 atom stereocenters. The second-order valence-corrected chi connectivity index (χ2v) is 6.09. The Hall–Kier alpha value is -2.14. The van der Waals surface area contributed by atoms with E-state index in [1.807, 2.05) is 24.3 Å². The molecule has 2 heterocycles. The maximum Gasteiger partial charge on any atom is 0.161 e. The quantitative estimate of drug-likeness (QED) is 0.940. The summed E-state index contributed by atoms with van der Waals surface area (Å²) in [6.07, 6.45) is 0. The van der Waals surface area contributed by atoms with Gasteiger partial charge in [-0.2, -0.15) is 0 Å². The smallest absolute Gasteiger partial charge is 0.161 e. The predicted molar refractivity (Wildman–Crippen MR) is 93.2 cm³/mol. The Bertz CT molecular complexity index is 649. The summed E-state index contributed by atoms with van der Waals surface area (Å²) in [7, 11) is 1.67. The highest BCUT2D eigenvalue weighted by Gasteiger charge is 2.16. The maximum absolute atomic E-state index is 5.23. The molecule has 1 aliphatic rings. The number of methoxy groups -OCH3 is 1. The molecular formula is C18H24N4O. The SMILES string of the molecule is COc1ccc(-c2nc(C(C)C)cc(N3CCNCC3)n2)cc1. The summed E-state index contributed by atoms with van der Waals surface area (Å²) in [5.74, 6) is 3.02. The largest absolute Gasteiger partial charge is 0.497 e. The van der Waals surface area contributed by atoms with Crippen molar-refractivity contribution in [2.45, 2.75) is 19.8 Å². The highest BCUT2D eigenvalue weighted by atomic mass is 16.5. The predicted octanol–water partition coefficient (Wildman–Crippen LogP) is 2.69. The molecule has 3 rings (SSSR count). The lowest BCUT2D eigenvalue weighted by molar-refractivity contribution is 0.415. The third-order valence-corrected chi connectivity index (χ3v) is 4.11. The van der Waals surface area contributed by atoms with Crippen LogP contribution >= 0.6 is 0 Å². The van der Waals surface area contributed by atoms with E-state index in [0.717, 1.165) is 54.8 Å². The summed E-state index contributed by atoms with van der Waals surface area (Å²) < 4.78 is 5.23. The molecule has 5 heteroatoms. The van der Waals surface area contributed by atoms with Gasteiger partial charge >= 0.3 is 0 Å². The number of anilines is 1. The Kier molecular flexibility index (Phi) is 4.76. The molecule has 1 aliphatic heterocycles. The fraction of sp³-hybridized carbons (Fsp3) is 0.444. The topological polar surface area (TPSA) is 50.3 Å². The fourth-order valence-corrected chi connectivity index (χ4v) is 2.67. The minimum absolute atomic E-state index is 0.372. The van der Waals surface area contributed by atoms with Crippen LogP contribution in [0, 0.1) is 0 Å². The van der Waals surface area contributed by atoms with Crippen LogP contribution in [0.15, 0.2) is 30.3 Å². The maximum atomic E-state index is 5.23. The molecule has 1 saturated heterocycles. The van der Waals surface area contributed by atoms with Crippen LogP contribution in [0.5, 0.6) is 5.75 Å². The first-order valence-electron chi connectivity index (χ1n) is 8.16. The molecule has 1 aromatic carbocycles. The van der Waals surface area contributed by atoms with Gasteiger partial charge in [0.1, 0.15) is 11.6 Å². The summed E-state index contributed by atoms with van der Waals surface area (Å²) in [4.78, 5) is 11.9. The van der Waals surface area contributed by atoms with Crippen LogP contribution in [0.4, 0.5) is 5.82 Å². The number of nitrogens with zero attached hydrogens (tertiary/aromatic N) is 3. The molecule has 1 fully saturated rings. The van der Waals surface area contributed by atoms with Crippen molar-refractivity contribution in [3.05, 3.63) is 36.0 Å². The highest BCUT2D eigenvalue weighted by Crippen LogP contribution is 2.25. The first-order chi connectivity index (χ1) is 11.2. The summed E-state index contributed by atoms with van der Waals surface area (Å²) in [5.41, 5.74) is 2.10. The van der Waals surface area contributed by atoms with Crippen LogP contribution in [0.25, 0.3) is 11.4 Å². The lowest BCUT2D eigenvalue weighted by Crippen LogP contribution is -2.44. The van der Waals surface area contributed by atoms with E-state index in [0.29, 0.717) is 5.92 Å². The van der Waals surface area contributed by atoms with Crippen LogP contribution in [-0.2, 0) is 0 Å². The number of rotatable bonds is 4. The monoisotopic (exact) mass is 312 g/mol. The van der Waals surface area contributed by atoms with Crippen molar-refractivity contribution in [3.63, 3.8) is 0 Å². The van der Waals surface area contributed by atoms with E-state index in [2.05, 4.69) is 30.1 Å². The number of hydrogen-bond acceptors (Lipinski definition) is 5. The van der Waals surface area contributed by atoms with E-state index in [4.69, 9.17) is 14.7 Å². The minimum Gasteiger partial charge on any atom is -0.497 e. The third-order valence-electron chi connectivity index (χ3n) is 4.11. The molecule has 122 valence electrons. The van der Waals surface area contributed by atoms with Gasteiger partial charge in [-0.15, -0.1) is 0 Å². The van der Waals surface area contributed by atoms with Gasteiger partial charge < -0.3 is 15.0 Å². The highest BCUT2D eigenvalue weighted by molar-refractivity contribution is 5.59. The zero-order valence-corrected chi connectivity index (χ0v) is 14.0. The summed E-state index contributed by atoms with van der Waals surface area (Å²) in [6.45, 7) is 8.30. The average Bonchev–Trinajstić information content (AvgIpc) is 2.62. The average molecular weight is 312 g/mol. The van der Waals surface area contributed by atoms with E-state index >= 15 is 0 Å². The zero-order chi connectivity index (χ0) is 16.2. The number of benzene rings is 1. The van der Waals surface area contributed by atoms with Crippen molar-refractivity contribution in [2.75, 3.05) is 38.2 Å². The standard InChI is InChI=1S/C18H24N4O/c1-13(2)16-12-17(22-10-8-19-9-11-22)21-18(20-16)14-4-6-15(23-3)7-5-14/h4-7,12-13,19H,8-11H2,1-3H3. The van der Waals surface area contributed by atoms with Crippen LogP contribution in [0.2, 0.25) is 0 Å². The van der Waals surface area contributed by atoms with Gasteiger partial charge in [0.15, 0.2) is 5.82 Å². The van der Waals surface area contributed by atoms with Crippen molar-refractivity contribution in [2.24, 2.45) is 0 Å². The van der Waals surface area contributed by atoms with Crippen LogP contribution in [0.3, 0.4) is 0 Å². The number of hydrogen-bond donors (Lipinski definition) is 1.